The lowest BCUT2D eigenvalue weighted by atomic mass is 10.1. The molecule has 1 amide bonds. The molecule has 0 saturated carbocycles. The van der Waals surface area contributed by atoms with Crippen LogP contribution in [0.1, 0.15) is 21.5 Å². The van der Waals surface area contributed by atoms with E-state index in [1.54, 1.807) is 0 Å². The van der Waals surface area contributed by atoms with E-state index in [-0.39, 0.29) is 22.2 Å². The molecule has 120 valence electrons. The molecule has 23 heavy (non-hydrogen) atoms. The monoisotopic (exact) mass is 331 g/mol. The summed E-state index contributed by atoms with van der Waals surface area (Å²) in [7, 11) is 0. The molecular formula is C16H17N3O3S. The predicted molar refractivity (Wildman–Crippen MR) is 91.0 cm³/mol. The Balaban J connectivity index is 1.81. The third-order valence-electron chi connectivity index (χ3n) is 3.09. The van der Waals surface area contributed by atoms with Crippen molar-refractivity contribution in [3.8, 4) is 11.5 Å². The summed E-state index contributed by atoms with van der Waals surface area (Å²) >= 11 is 5.06. The van der Waals surface area contributed by atoms with Crippen LogP contribution in [0.4, 0.5) is 0 Å². The van der Waals surface area contributed by atoms with Crippen LogP contribution < -0.4 is 16.2 Å². The van der Waals surface area contributed by atoms with Gasteiger partial charge in [0.15, 0.2) is 5.11 Å². The van der Waals surface area contributed by atoms with Crippen LogP contribution in [0.25, 0.3) is 0 Å². The lowest BCUT2D eigenvalue weighted by Gasteiger charge is -2.12. The van der Waals surface area contributed by atoms with Crippen molar-refractivity contribution < 1.29 is 15.0 Å². The van der Waals surface area contributed by atoms with Crippen molar-refractivity contribution in [1.29, 1.82) is 0 Å². The minimum absolute atomic E-state index is 0.0247. The van der Waals surface area contributed by atoms with E-state index in [0.29, 0.717) is 6.54 Å². The SMILES string of the molecule is Cc1ccc(CNC(=S)NNC(=O)c2ccc(O)cc2O)cc1. The standard InChI is InChI=1S/C16H17N3O3S/c1-10-2-4-11(5-3-10)9-17-16(23)19-18-15(22)13-7-6-12(20)8-14(13)21/h2-8,20-21H,9H2,1H3,(H,18,22)(H2,17,19,23). The second-order valence-electron chi connectivity index (χ2n) is 4.95. The summed E-state index contributed by atoms with van der Waals surface area (Å²) in [6, 6.07) is 11.7. The minimum Gasteiger partial charge on any atom is -0.508 e. The van der Waals surface area contributed by atoms with Crippen LogP contribution in [0.15, 0.2) is 42.5 Å². The van der Waals surface area contributed by atoms with Crippen LogP contribution in [0, 0.1) is 6.92 Å². The van der Waals surface area contributed by atoms with Crippen LogP contribution in [-0.2, 0) is 6.54 Å². The molecule has 0 radical (unpaired) electrons. The Morgan fingerprint density at radius 3 is 2.43 bits per heavy atom. The van der Waals surface area contributed by atoms with Gasteiger partial charge in [0, 0.05) is 12.6 Å². The summed E-state index contributed by atoms with van der Waals surface area (Å²) in [6.07, 6.45) is 0. The number of amides is 1. The molecule has 0 spiro atoms. The van der Waals surface area contributed by atoms with Gasteiger partial charge < -0.3 is 15.5 Å². The van der Waals surface area contributed by atoms with Gasteiger partial charge in [0.25, 0.3) is 5.91 Å². The Morgan fingerprint density at radius 2 is 1.78 bits per heavy atom. The van der Waals surface area contributed by atoms with Crippen molar-refractivity contribution in [2.24, 2.45) is 0 Å². The molecular weight excluding hydrogens is 314 g/mol. The average Bonchev–Trinajstić information content (AvgIpc) is 2.52. The molecule has 0 bridgehead atoms. The average molecular weight is 331 g/mol. The van der Waals surface area contributed by atoms with Gasteiger partial charge >= 0.3 is 0 Å². The molecule has 0 heterocycles. The first-order chi connectivity index (χ1) is 11.0. The number of hydrogen-bond acceptors (Lipinski definition) is 4. The topological polar surface area (TPSA) is 93.6 Å². The highest BCUT2D eigenvalue weighted by molar-refractivity contribution is 7.80. The van der Waals surface area contributed by atoms with E-state index in [0.717, 1.165) is 11.6 Å². The van der Waals surface area contributed by atoms with Gasteiger partial charge in [-0.3, -0.25) is 15.6 Å². The molecule has 0 unspecified atom stereocenters. The number of phenolic OH excluding ortho intramolecular Hbond substituents is 2. The first kappa shape index (κ1) is 16.6. The van der Waals surface area contributed by atoms with E-state index in [1.165, 1.54) is 17.7 Å². The maximum Gasteiger partial charge on any atom is 0.273 e. The zero-order valence-corrected chi connectivity index (χ0v) is 13.3. The largest absolute Gasteiger partial charge is 0.508 e. The van der Waals surface area contributed by atoms with Crippen molar-refractivity contribution in [2.45, 2.75) is 13.5 Å². The normalized spacial score (nSPS) is 9.96. The fourth-order valence-corrected chi connectivity index (χ4v) is 1.95. The number of hydrogen-bond donors (Lipinski definition) is 5. The van der Waals surface area contributed by atoms with E-state index in [1.807, 2.05) is 31.2 Å². The molecule has 2 aromatic carbocycles. The van der Waals surface area contributed by atoms with Crippen molar-refractivity contribution in [2.75, 3.05) is 0 Å². The second-order valence-corrected chi connectivity index (χ2v) is 5.36. The molecule has 0 atom stereocenters. The number of rotatable bonds is 3. The highest BCUT2D eigenvalue weighted by Gasteiger charge is 2.11. The molecule has 2 aromatic rings. The van der Waals surface area contributed by atoms with Crippen molar-refractivity contribution in [1.82, 2.24) is 16.2 Å². The fourth-order valence-electron chi connectivity index (χ4n) is 1.83. The molecule has 0 aromatic heterocycles. The Bertz CT molecular complexity index is 717. The first-order valence-electron chi connectivity index (χ1n) is 6.87. The van der Waals surface area contributed by atoms with Crippen LogP contribution in [0.2, 0.25) is 0 Å². The van der Waals surface area contributed by atoms with Gasteiger partial charge in [0.05, 0.1) is 5.56 Å². The number of carbonyl (C=O) groups is 1. The lowest BCUT2D eigenvalue weighted by Crippen LogP contribution is -2.46. The number of aromatic hydroxyl groups is 2. The van der Waals surface area contributed by atoms with Crippen molar-refractivity contribution in [3.05, 3.63) is 59.2 Å². The molecule has 0 fully saturated rings. The quantitative estimate of drug-likeness (QED) is 0.434. The van der Waals surface area contributed by atoms with E-state index >= 15 is 0 Å². The molecule has 0 aliphatic carbocycles. The number of hydrazine groups is 1. The summed E-state index contributed by atoms with van der Waals surface area (Å²) in [5.74, 6) is -1.01. The van der Waals surface area contributed by atoms with E-state index in [4.69, 9.17) is 12.2 Å². The second kappa shape index (κ2) is 7.46. The molecule has 0 aliphatic heterocycles. The zero-order chi connectivity index (χ0) is 16.8. The van der Waals surface area contributed by atoms with Gasteiger partial charge in [-0.25, -0.2) is 0 Å². The summed E-state index contributed by atoms with van der Waals surface area (Å²) < 4.78 is 0. The van der Waals surface area contributed by atoms with Gasteiger partial charge in [-0.05, 0) is 36.8 Å². The fraction of sp³-hybridized carbons (Fsp3) is 0.125. The van der Waals surface area contributed by atoms with Gasteiger partial charge in [0.1, 0.15) is 11.5 Å². The van der Waals surface area contributed by atoms with Crippen molar-refractivity contribution in [3.63, 3.8) is 0 Å². The van der Waals surface area contributed by atoms with E-state index < -0.39 is 5.91 Å². The maximum absolute atomic E-state index is 11.9. The summed E-state index contributed by atoms with van der Waals surface area (Å²) in [6.45, 7) is 2.53. The Labute approximate surface area is 139 Å². The first-order valence-corrected chi connectivity index (χ1v) is 7.28. The zero-order valence-electron chi connectivity index (χ0n) is 12.5. The predicted octanol–water partition coefficient (Wildman–Crippen LogP) is 1.72. The van der Waals surface area contributed by atoms with Crippen molar-refractivity contribution >= 4 is 23.2 Å². The highest BCUT2D eigenvalue weighted by Crippen LogP contribution is 2.21. The maximum atomic E-state index is 11.9. The minimum atomic E-state index is -0.568. The number of benzene rings is 2. The van der Waals surface area contributed by atoms with Gasteiger partial charge in [-0.15, -0.1) is 0 Å². The molecule has 5 N–H and O–H groups in total. The third kappa shape index (κ3) is 4.86. The third-order valence-corrected chi connectivity index (χ3v) is 3.34. The molecule has 0 saturated heterocycles. The Morgan fingerprint density at radius 1 is 1.09 bits per heavy atom. The van der Waals surface area contributed by atoms with Gasteiger partial charge in [-0.2, -0.15) is 0 Å². The highest BCUT2D eigenvalue weighted by atomic mass is 32.1. The Kier molecular flexibility index (Phi) is 5.37. The summed E-state index contributed by atoms with van der Waals surface area (Å²) in [5, 5.41) is 22.0. The summed E-state index contributed by atoms with van der Waals surface area (Å²) in [4.78, 5) is 11.9. The van der Waals surface area contributed by atoms with E-state index in [9.17, 15) is 15.0 Å². The number of aryl methyl sites for hydroxylation is 1. The van der Waals surface area contributed by atoms with Crippen LogP contribution in [-0.4, -0.2) is 21.2 Å². The molecule has 0 aliphatic rings. The lowest BCUT2D eigenvalue weighted by molar-refractivity contribution is 0.0941. The smallest absolute Gasteiger partial charge is 0.273 e. The number of phenols is 2. The number of carbonyl (C=O) groups excluding carboxylic acids is 1. The Hall–Kier alpha value is -2.80. The van der Waals surface area contributed by atoms with Gasteiger partial charge in [-0.1, -0.05) is 29.8 Å². The number of nitrogens with one attached hydrogen (secondary N) is 3. The molecule has 6 nitrogen and oxygen atoms in total. The van der Waals surface area contributed by atoms with Crippen LogP contribution in [0.5, 0.6) is 11.5 Å². The van der Waals surface area contributed by atoms with E-state index in [2.05, 4.69) is 16.2 Å². The summed E-state index contributed by atoms with van der Waals surface area (Å²) in [5.41, 5.74) is 7.18. The van der Waals surface area contributed by atoms with Crippen LogP contribution in [0.3, 0.4) is 0 Å². The number of thiocarbonyl (C=S) groups is 1. The van der Waals surface area contributed by atoms with Crippen LogP contribution >= 0.6 is 12.2 Å². The molecule has 2 rings (SSSR count). The molecule has 7 heteroatoms. The van der Waals surface area contributed by atoms with Gasteiger partial charge in [0.2, 0.25) is 0 Å².